The Morgan fingerprint density at radius 1 is 1.45 bits per heavy atom. The molecular weight excluding hydrogens is 278 g/mol. The van der Waals surface area contributed by atoms with Crippen LogP contribution in [0.4, 0.5) is 5.13 Å². The van der Waals surface area contributed by atoms with Crippen molar-refractivity contribution >= 4 is 44.3 Å². The molecule has 102 valence electrons. The molecule has 0 unspecified atom stereocenters. The normalized spacial score (nSPS) is 14.8. The number of hydrogen-bond donors (Lipinski definition) is 0. The van der Waals surface area contributed by atoms with Crippen LogP contribution in [-0.2, 0) is 14.3 Å². The van der Waals surface area contributed by atoms with Crippen molar-refractivity contribution in [1.29, 1.82) is 0 Å². The SMILES string of the molecule is COC(=O)CC1=NN(c2nc3ccccc3s2)C(=O)C1. The molecule has 2 aromatic rings. The van der Waals surface area contributed by atoms with Crippen LogP contribution in [-0.4, -0.2) is 29.7 Å². The summed E-state index contributed by atoms with van der Waals surface area (Å²) < 4.78 is 5.57. The minimum absolute atomic E-state index is 0.0314. The lowest BCUT2D eigenvalue weighted by Crippen LogP contribution is -2.19. The van der Waals surface area contributed by atoms with Crippen LogP contribution in [0.2, 0.25) is 0 Å². The number of anilines is 1. The van der Waals surface area contributed by atoms with E-state index < -0.39 is 5.97 Å². The molecule has 0 aliphatic carbocycles. The number of amides is 1. The fourth-order valence-electron chi connectivity index (χ4n) is 1.92. The highest BCUT2D eigenvalue weighted by atomic mass is 32.1. The summed E-state index contributed by atoms with van der Waals surface area (Å²) in [4.78, 5) is 27.5. The van der Waals surface area contributed by atoms with E-state index in [1.807, 2.05) is 24.3 Å². The van der Waals surface area contributed by atoms with Crippen molar-refractivity contribution < 1.29 is 14.3 Å². The quantitative estimate of drug-likeness (QED) is 0.810. The van der Waals surface area contributed by atoms with Crippen LogP contribution in [0.25, 0.3) is 10.2 Å². The summed E-state index contributed by atoms with van der Waals surface area (Å²) >= 11 is 1.40. The average molecular weight is 289 g/mol. The van der Waals surface area contributed by atoms with E-state index in [1.54, 1.807) is 0 Å². The van der Waals surface area contributed by atoms with Crippen molar-refractivity contribution in [2.75, 3.05) is 12.1 Å². The zero-order chi connectivity index (χ0) is 14.1. The van der Waals surface area contributed by atoms with Gasteiger partial charge in [0, 0.05) is 0 Å². The maximum absolute atomic E-state index is 12.0. The second-order valence-corrected chi connectivity index (χ2v) is 5.27. The van der Waals surface area contributed by atoms with Gasteiger partial charge in [0.1, 0.15) is 0 Å². The van der Waals surface area contributed by atoms with Crippen molar-refractivity contribution in [3.8, 4) is 0 Å². The van der Waals surface area contributed by atoms with Gasteiger partial charge < -0.3 is 4.74 Å². The summed E-state index contributed by atoms with van der Waals surface area (Å²) in [5.74, 6) is -0.578. The molecule has 0 N–H and O–H groups in total. The summed E-state index contributed by atoms with van der Waals surface area (Å²) in [6, 6.07) is 7.64. The van der Waals surface area contributed by atoms with Crippen LogP contribution in [0.15, 0.2) is 29.4 Å². The zero-order valence-corrected chi connectivity index (χ0v) is 11.5. The number of aromatic nitrogens is 1. The molecule has 2 heterocycles. The third kappa shape index (κ3) is 2.27. The summed E-state index contributed by atoms with van der Waals surface area (Å²) in [6.45, 7) is 0. The molecule has 0 saturated carbocycles. The van der Waals surface area contributed by atoms with Crippen LogP contribution < -0.4 is 5.01 Å². The number of esters is 1. The number of carbonyl (C=O) groups is 2. The molecule has 0 atom stereocenters. The Morgan fingerprint density at radius 3 is 3.00 bits per heavy atom. The molecule has 0 fully saturated rings. The molecule has 1 aliphatic heterocycles. The second-order valence-electron chi connectivity index (χ2n) is 4.27. The molecule has 1 aromatic heterocycles. The Hall–Kier alpha value is -2.28. The number of thiazole rings is 1. The lowest BCUT2D eigenvalue weighted by molar-refractivity contribution is -0.139. The molecule has 0 spiro atoms. The Bertz CT molecular complexity index is 689. The second kappa shape index (κ2) is 5.01. The minimum Gasteiger partial charge on any atom is -0.469 e. The zero-order valence-electron chi connectivity index (χ0n) is 10.7. The molecular formula is C13H11N3O3S. The van der Waals surface area contributed by atoms with Gasteiger partial charge in [-0.25, -0.2) is 4.98 Å². The molecule has 0 bridgehead atoms. The van der Waals surface area contributed by atoms with Gasteiger partial charge >= 0.3 is 5.97 Å². The lowest BCUT2D eigenvalue weighted by Gasteiger charge is -2.05. The first-order valence-electron chi connectivity index (χ1n) is 5.99. The van der Waals surface area contributed by atoms with Crippen molar-refractivity contribution in [2.24, 2.45) is 5.10 Å². The number of rotatable bonds is 3. The number of para-hydroxylation sites is 1. The number of hydrazone groups is 1. The van der Waals surface area contributed by atoms with Gasteiger partial charge in [-0.2, -0.15) is 10.1 Å². The Labute approximate surface area is 118 Å². The fourth-order valence-corrected chi connectivity index (χ4v) is 2.85. The Morgan fingerprint density at radius 2 is 2.25 bits per heavy atom. The molecule has 7 heteroatoms. The maximum atomic E-state index is 12.0. The molecule has 0 saturated heterocycles. The van der Waals surface area contributed by atoms with Crippen LogP contribution in [0.1, 0.15) is 12.8 Å². The molecule has 1 aromatic carbocycles. The third-order valence-corrected chi connectivity index (χ3v) is 3.88. The summed E-state index contributed by atoms with van der Waals surface area (Å²) in [6.07, 6.45) is 0.161. The largest absolute Gasteiger partial charge is 0.469 e. The van der Waals surface area contributed by atoms with Crippen molar-refractivity contribution in [3.05, 3.63) is 24.3 Å². The van der Waals surface area contributed by atoms with Gasteiger partial charge in [0.05, 0.1) is 35.9 Å². The summed E-state index contributed by atoms with van der Waals surface area (Å²) in [5, 5.41) is 5.96. The van der Waals surface area contributed by atoms with Gasteiger partial charge in [-0.1, -0.05) is 23.5 Å². The van der Waals surface area contributed by atoms with Gasteiger partial charge in [-0.05, 0) is 12.1 Å². The number of methoxy groups -OCH3 is 1. The van der Waals surface area contributed by atoms with Gasteiger partial charge in [-0.3, -0.25) is 9.59 Å². The van der Waals surface area contributed by atoms with E-state index >= 15 is 0 Å². The third-order valence-electron chi connectivity index (χ3n) is 2.87. The van der Waals surface area contributed by atoms with E-state index in [0.717, 1.165) is 10.2 Å². The highest BCUT2D eigenvalue weighted by molar-refractivity contribution is 7.22. The van der Waals surface area contributed by atoms with Crippen LogP contribution in [0.5, 0.6) is 0 Å². The predicted molar refractivity (Wildman–Crippen MR) is 75.8 cm³/mol. The molecule has 0 radical (unpaired) electrons. The van der Waals surface area contributed by atoms with E-state index in [1.165, 1.54) is 23.5 Å². The molecule has 20 heavy (non-hydrogen) atoms. The first-order chi connectivity index (χ1) is 9.67. The number of fused-ring (bicyclic) bond motifs is 1. The van der Waals surface area contributed by atoms with Crippen molar-refractivity contribution in [2.45, 2.75) is 12.8 Å². The summed E-state index contributed by atoms with van der Waals surface area (Å²) in [7, 11) is 1.31. The van der Waals surface area contributed by atoms with Gasteiger partial charge in [-0.15, -0.1) is 0 Å². The smallest absolute Gasteiger partial charge is 0.311 e. The standard InChI is InChI=1S/C13H11N3O3S/c1-19-12(18)7-8-6-11(17)16(15-8)13-14-9-4-2-3-5-10(9)20-13/h2-5H,6-7H2,1H3. The number of nitrogens with zero attached hydrogens (tertiary/aromatic N) is 3. The van der Waals surface area contributed by atoms with Crippen LogP contribution in [0, 0.1) is 0 Å². The Kier molecular flexibility index (Phi) is 3.19. The molecule has 6 nitrogen and oxygen atoms in total. The van der Waals surface area contributed by atoms with Crippen LogP contribution in [0.3, 0.4) is 0 Å². The molecule has 1 aliphatic rings. The predicted octanol–water partition coefficient (Wildman–Crippen LogP) is 1.95. The maximum Gasteiger partial charge on any atom is 0.311 e. The lowest BCUT2D eigenvalue weighted by atomic mass is 10.2. The van der Waals surface area contributed by atoms with E-state index in [0.29, 0.717) is 10.8 Å². The monoisotopic (exact) mass is 289 g/mol. The van der Waals surface area contributed by atoms with Crippen molar-refractivity contribution in [3.63, 3.8) is 0 Å². The van der Waals surface area contributed by atoms with Crippen molar-refractivity contribution in [1.82, 2.24) is 4.98 Å². The van der Waals surface area contributed by atoms with E-state index in [2.05, 4.69) is 14.8 Å². The number of hydrogen-bond acceptors (Lipinski definition) is 6. The van der Waals surface area contributed by atoms with E-state index in [9.17, 15) is 9.59 Å². The van der Waals surface area contributed by atoms with E-state index in [4.69, 9.17) is 0 Å². The van der Waals surface area contributed by atoms with Gasteiger partial charge in [0.2, 0.25) is 5.13 Å². The minimum atomic E-state index is -0.400. The summed E-state index contributed by atoms with van der Waals surface area (Å²) in [5.41, 5.74) is 1.33. The van der Waals surface area contributed by atoms with Gasteiger partial charge in [0.15, 0.2) is 0 Å². The highest BCUT2D eigenvalue weighted by Gasteiger charge is 2.28. The van der Waals surface area contributed by atoms with Crippen LogP contribution >= 0.6 is 11.3 Å². The average Bonchev–Trinajstić information content (AvgIpc) is 3.01. The molecule has 3 rings (SSSR count). The Balaban J connectivity index is 1.89. The highest BCUT2D eigenvalue weighted by Crippen LogP contribution is 2.31. The fraction of sp³-hybridized carbons (Fsp3) is 0.231. The topological polar surface area (TPSA) is 71.9 Å². The van der Waals surface area contributed by atoms with E-state index in [-0.39, 0.29) is 18.7 Å². The molecule has 1 amide bonds. The first kappa shape index (κ1) is 12.7. The van der Waals surface area contributed by atoms with Gasteiger partial charge in [0.25, 0.3) is 5.91 Å². The number of carbonyl (C=O) groups excluding carboxylic acids is 2. The first-order valence-corrected chi connectivity index (χ1v) is 6.80. The number of benzene rings is 1. The number of ether oxygens (including phenoxy) is 1.